The topological polar surface area (TPSA) is 81.7 Å². The maximum atomic E-state index is 11.9. The molecule has 21 heavy (non-hydrogen) atoms. The summed E-state index contributed by atoms with van der Waals surface area (Å²) >= 11 is 0. The number of hydrogen-bond acceptors (Lipinski definition) is 5. The van der Waals surface area contributed by atoms with Gasteiger partial charge in [-0.15, -0.1) is 0 Å². The van der Waals surface area contributed by atoms with Gasteiger partial charge in [0, 0.05) is 12.8 Å². The number of amides is 1. The number of hydrogen-bond donors (Lipinski definition) is 1. The normalized spacial score (nSPS) is 20.9. The van der Waals surface area contributed by atoms with Gasteiger partial charge in [-0.1, -0.05) is 30.3 Å². The monoisotopic (exact) mass is 291 g/mol. The van der Waals surface area contributed by atoms with Crippen molar-refractivity contribution in [2.75, 3.05) is 7.11 Å². The van der Waals surface area contributed by atoms with Crippen LogP contribution >= 0.6 is 0 Å². The van der Waals surface area contributed by atoms with Crippen molar-refractivity contribution in [2.24, 2.45) is 0 Å². The average molecular weight is 291 g/mol. The lowest BCUT2D eigenvalue weighted by Crippen LogP contribution is -2.53. The van der Waals surface area contributed by atoms with Crippen LogP contribution in [0.15, 0.2) is 30.3 Å². The molecule has 0 bridgehead atoms. The summed E-state index contributed by atoms with van der Waals surface area (Å²) in [6, 6.07) is 9.18. The van der Waals surface area contributed by atoms with Crippen LogP contribution in [0.3, 0.4) is 0 Å². The molecule has 1 N–H and O–H groups in total. The van der Waals surface area contributed by atoms with E-state index < -0.39 is 17.6 Å². The van der Waals surface area contributed by atoms with Crippen LogP contribution in [0, 0.1) is 0 Å². The molecule has 1 unspecified atom stereocenters. The largest absolute Gasteiger partial charge is 0.467 e. The summed E-state index contributed by atoms with van der Waals surface area (Å²) < 4.78 is 9.76. The first-order valence-corrected chi connectivity index (χ1v) is 6.65. The predicted molar refractivity (Wildman–Crippen MR) is 73.4 cm³/mol. The molecule has 1 aliphatic rings. The van der Waals surface area contributed by atoms with Crippen LogP contribution in [0.1, 0.15) is 24.8 Å². The molecule has 1 atom stereocenters. The van der Waals surface area contributed by atoms with E-state index in [1.54, 1.807) is 0 Å². The van der Waals surface area contributed by atoms with Crippen LogP contribution in [-0.2, 0) is 25.7 Å². The molecule has 2 rings (SSSR count). The molecule has 0 saturated heterocycles. The minimum atomic E-state index is -1.29. The van der Waals surface area contributed by atoms with Crippen LogP contribution in [0.4, 0.5) is 4.79 Å². The van der Waals surface area contributed by atoms with Crippen molar-refractivity contribution in [1.82, 2.24) is 5.32 Å². The summed E-state index contributed by atoms with van der Waals surface area (Å²) in [6.45, 7) is 0.0951. The number of methoxy groups -OCH3 is 1. The maximum absolute atomic E-state index is 11.9. The Kier molecular flexibility index (Phi) is 4.57. The molecule has 0 radical (unpaired) electrons. The number of nitrogens with one attached hydrogen (secondary N) is 1. The minimum Gasteiger partial charge on any atom is -0.467 e. The Hall–Kier alpha value is -2.37. The highest BCUT2D eigenvalue weighted by Gasteiger charge is 2.47. The number of alkyl carbamates (subject to hydrolysis) is 1. The van der Waals surface area contributed by atoms with Crippen molar-refractivity contribution >= 4 is 17.8 Å². The molecule has 0 spiro atoms. The van der Waals surface area contributed by atoms with E-state index in [0.717, 1.165) is 5.56 Å². The Morgan fingerprint density at radius 2 is 2.00 bits per heavy atom. The van der Waals surface area contributed by atoms with Crippen molar-refractivity contribution in [3.63, 3.8) is 0 Å². The van der Waals surface area contributed by atoms with Crippen molar-refractivity contribution in [3.05, 3.63) is 35.9 Å². The van der Waals surface area contributed by atoms with E-state index in [0.29, 0.717) is 0 Å². The van der Waals surface area contributed by atoms with Crippen molar-refractivity contribution < 1.29 is 23.9 Å². The summed E-state index contributed by atoms with van der Waals surface area (Å²) in [5, 5.41) is 2.49. The van der Waals surface area contributed by atoms with Crippen LogP contribution in [-0.4, -0.2) is 30.5 Å². The third-order valence-corrected chi connectivity index (χ3v) is 3.46. The van der Waals surface area contributed by atoms with E-state index in [-0.39, 0.29) is 31.7 Å². The zero-order valence-corrected chi connectivity index (χ0v) is 11.8. The molecule has 112 valence electrons. The number of esters is 1. The van der Waals surface area contributed by atoms with E-state index in [1.807, 2.05) is 30.3 Å². The molecule has 1 saturated carbocycles. The first-order valence-electron chi connectivity index (χ1n) is 6.65. The number of carbonyl (C=O) groups is 3. The van der Waals surface area contributed by atoms with Crippen LogP contribution in [0.5, 0.6) is 0 Å². The van der Waals surface area contributed by atoms with Gasteiger partial charge in [0.1, 0.15) is 17.9 Å². The van der Waals surface area contributed by atoms with Gasteiger partial charge in [-0.2, -0.15) is 0 Å². The Bertz CT molecular complexity index is 542. The number of ether oxygens (including phenoxy) is 2. The van der Waals surface area contributed by atoms with Gasteiger partial charge < -0.3 is 14.8 Å². The molecule has 6 nitrogen and oxygen atoms in total. The summed E-state index contributed by atoms with van der Waals surface area (Å²) in [6.07, 6.45) is -0.313. The van der Waals surface area contributed by atoms with E-state index in [4.69, 9.17) is 4.74 Å². The number of Topliss-reactive ketones (excluding diaryl/α,β-unsaturated/α-hetero) is 1. The van der Waals surface area contributed by atoms with E-state index in [9.17, 15) is 14.4 Å². The third kappa shape index (κ3) is 3.59. The Balaban J connectivity index is 1.96. The lowest BCUT2D eigenvalue weighted by molar-refractivity contribution is -0.148. The fourth-order valence-corrected chi connectivity index (χ4v) is 2.35. The van der Waals surface area contributed by atoms with E-state index >= 15 is 0 Å². The Morgan fingerprint density at radius 1 is 1.29 bits per heavy atom. The third-order valence-electron chi connectivity index (χ3n) is 3.46. The second-order valence-electron chi connectivity index (χ2n) is 4.98. The highest BCUT2D eigenvalue weighted by atomic mass is 16.6. The predicted octanol–water partition coefficient (Wildman–Crippen LogP) is 1.58. The van der Waals surface area contributed by atoms with Crippen molar-refractivity contribution in [3.8, 4) is 0 Å². The second kappa shape index (κ2) is 6.39. The molecule has 1 aromatic rings. The quantitative estimate of drug-likeness (QED) is 0.852. The molecule has 1 amide bonds. The number of benzene rings is 1. The maximum Gasteiger partial charge on any atom is 0.408 e. The highest BCUT2D eigenvalue weighted by Crippen LogP contribution is 2.28. The van der Waals surface area contributed by atoms with Gasteiger partial charge in [-0.3, -0.25) is 4.79 Å². The Labute approximate surface area is 122 Å². The first-order chi connectivity index (χ1) is 10.1. The summed E-state index contributed by atoms with van der Waals surface area (Å²) in [4.78, 5) is 35.1. The molecule has 1 aromatic carbocycles. The summed E-state index contributed by atoms with van der Waals surface area (Å²) in [7, 11) is 1.23. The number of ketones is 1. The number of rotatable bonds is 4. The smallest absolute Gasteiger partial charge is 0.408 e. The minimum absolute atomic E-state index is 0.0554. The molecule has 0 aliphatic heterocycles. The van der Waals surface area contributed by atoms with Gasteiger partial charge in [-0.05, 0) is 12.0 Å². The molecular formula is C15H17NO5. The van der Waals surface area contributed by atoms with Crippen LogP contribution in [0.2, 0.25) is 0 Å². The molecule has 0 aromatic heterocycles. The van der Waals surface area contributed by atoms with Gasteiger partial charge in [0.05, 0.1) is 7.11 Å². The summed E-state index contributed by atoms with van der Waals surface area (Å²) in [5.41, 5.74) is -0.457. The SMILES string of the molecule is COC(=O)C1(NC(=O)OCc2ccccc2)CCC(=O)C1. The fraction of sp³-hybridized carbons (Fsp3) is 0.400. The van der Waals surface area contributed by atoms with Gasteiger partial charge in [0.15, 0.2) is 0 Å². The lowest BCUT2D eigenvalue weighted by Gasteiger charge is -2.25. The van der Waals surface area contributed by atoms with Crippen molar-refractivity contribution in [2.45, 2.75) is 31.4 Å². The standard InChI is InChI=1S/C15H17NO5/c1-20-13(18)15(8-7-12(17)9-15)16-14(19)21-10-11-5-3-2-4-6-11/h2-6H,7-10H2,1H3,(H,16,19). The molecular weight excluding hydrogens is 274 g/mol. The van der Waals surface area contributed by atoms with Crippen LogP contribution < -0.4 is 5.32 Å². The fourth-order valence-electron chi connectivity index (χ4n) is 2.35. The highest BCUT2D eigenvalue weighted by molar-refractivity contribution is 5.95. The van der Waals surface area contributed by atoms with Gasteiger partial charge in [0.25, 0.3) is 0 Å². The first kappa shape index (κ1) is 15.0. The molecule has 1 aliphatic carbocycles. The zero-order valence-electron chi connectivity index (χ0n) is 11.8. The Morgan fingerprint density at radius 3 is 2.57 bits per heavy atom. The van der Waals surface area contributed by atoms with E-state index in [1.165, 1.54) is 7.11 Å². The van der Waals surface area contributed by atoms with Crippen molar-refractivity contribution in [1.29, 1.82) is 0 Å². The zero-order chi connectivity index (χ0) is 15.3. The second-order valence-corrected chi connectivity index (χ2v) is 4.98. The molecule has 1 fully saturated rings. The van der Waals surface area contributed by atoms with Gasteiger partial charge >= 0.3 is 12.1 Å². The average Bonchev–Trinajstić information content (AvgIpc) is 2.87. The summed E-state index contributed by atoms with van der Waals surface area (Å²) in [5.74, 6) is -0.700. The lowest BCUT2D eigenvalue weighted by atomic mass is 9.98. The molecule has 0 heterocycles. The number of carbonyl (C=O) groups excluding carboxylic acids is 3. The van der Waals surface area contributed by atoms with Gasteiger partial charge in [-0.25, -0.2) is 9.59 Å². The molecule has 6 heteroatoms. The van der Waals surface area contributed by atoms with Gasteiger partial charge in [0.2, 0.25) is 0 Å². The van der Waals surface area contributed by atoms with E-state index in [2.05, 4.69) is 10.1 Å². The van der Waals surface area contributed by atoms with Crippen LogP contribution in [0.25, 0.3) is 0 Å².